The smallest absolute Gasteiger partial charge is 0.410 e. The third-order valence-electron chi connectivity index (χ3n) is 5.71. The van der Waals surface area contributed by atoms with Gasteiger partial charge in [-0.25, -0.2) is 4.79 Å². The summed E-state index contributed by atoms with van der Waals surface area (Å²) in [5, 5.41) is 9.28. The lowest BCUT2D eigenvalue weighted by Crippen LogP contribution is -2.41. The summed E-state index contributed by atoms with van der Waals surface area (Å²) in [5.74, 6) is 0. The van der Waals surface area contributed by atoms with Gasteiger partial charge in [0.05, 0.1) is 30.9 Å². The van der Waals surface area contributed by atoms with Crippen LogP contribution in [0.2, 0.25) is 0 Å². The summed E-state index contributed by atoms with van der Waals surface area (Å²) in [6.45, 7) is 7.53. The number of nitriles is 1. The van der Waals surface area contributed by atoms with Crippen LogP contribution in [0.3, 0.4) is 0 Å². The Morgan fingerprint density at radius 1 is 1.11 bits per heavy atom. The van der Waals surface area contributed by atoms with Gasteiger partial charge in [-0.1, -0.05) is 18.2 Å². The first-order valence-electron chi connectivity index (χ1n) is 9.72. The van der Waals surface area contributed by atoms with Crippen molar-refractivity contribution in [1.29, 1.82) is 5.26 Å². The highest BCUT2D eigenvalue weighted by molar-refractivity contribution is 5.71. The quantitative estimate of drug-likeness (QED) is 0.752. The molecule has 2 atom stereocenters. The zero-order chi connectivity index (χ0) is 18.6. The Hall–Kier alpha value is -2.14. The fourth-order valence-corrected chi connectivity index (χ4v) is 4.26. The van der Waals surface area contributed by atoms with Crippen molar-refractivity contribution >= 4 is 6.09 Å². The molecule has 0 radical (unpaired) electrons. The standard InChI is InChI=1S/C20H26N4O3/c21-12-16-4-1-2-5-17(16)13-23-14-18-19(15-23)27-20(25)24(18)7-3-6-22-8-10-26-11-9-22/h1-2,4-5,18-19H,3,6-11,13-15H2/t18-,19+/m0/s1. The van der Waals surface area contributed by atoms with Crippen molar-refractivity contribution in [1.82, 2.24) is 14.7 Å². The number of hydrogen-bond donors (Lipinski definition) is 0. The molecule has 4 rings (SSSR count). The van der Waals surface area contributed by atoms with E-state index in [1.54, 1.807) is 0 Å². The molecular weight excluding hydrogens is 344 g/mol. The molecular formula is C20H26N4O3. The van der Waals surface area contributed by atoms with Crippen molar-refractivity contribution in [2.45, 2.75) is 25.1 Å². The van der Waals surface area contributed by atoms with Gasteiger partial charge in [0.15, 0.2) is 0 Å². The summed E-state index contributed by atoms with van der Waals surface area (Å²) >= 11 is 0. The normalized spacial score (nSPS) is 26.0. The Kier molecular flexibility index (Phi) is 5.58. The van der Waals surface area contributed by atoms with Gasteiger partial charge in [0.1, 0.15) is 6.10 Å². The number of nitrogens with zero attached hydrogens (tertiary/aromatic N) is 4. The maximum Gasteiger partial charge on any atom is 0.410 e. The van der Waals surface area contributed by atoms with E-state index in [9.17, 15) is 10.1 Å². The van der Waals surface area contributed by atoms with Crippen LogP contribution in [0.1, 0.15) is 17.5 Å². The van der Waals surface area contributed by atoms with Crippen LogP contribution in [0, 0.1) is 11.3 Å². The number of hydrogen-bond acceptors (Lipinski definition) is 6. The third-order valence-corrected chi connectivity index (χ3v) is 5.71. The minimum atomic E-state index is -0.177. The lowest BCUT2D eigenvalue weighted by atomic mass is 10.1. The van der Waals surface area contributed by atoms with E-state index in [1.165, 1.54) is 0 Å². The second-order valence-electron chi connectivity index (χ2n) is 7.45. The summed E-state index contributed by atoms with van der Waals surface area (Å²) < 4.78 is 11.0. The van der Waals surface area contributed by atoms with E-state index in [-0.39, 0.29) is 18.2 Å². The van der Waals surface area contributed by atoms with Crippen molar-refractivity contribution in [2.75, 3.05) is 52.5 Å². The van der Waals surface area contributed by atoms with Crippen molar-refractivity contribution in [3.05, 3.63) is 35.4 Å². The Morgan fingerprint density at radius 3 is 2.74 bits per heavy atom. The molecule has 0 aromatic heterocycles. The van der Waals surface area contributed by atoms with E-state index < -0.39 is 0 Å². The van der Waals surface area contributed by atoms with Gasteiger partial charge in [-0.3, -0.25) is 9.80 Å². The summed E-state index contributed by atoms with van der Waals surface area (Å²) in [4.78, 5) is 18.8. The predicted molar refractivity (Wildman–Crippen MR) is 99.1 cm³/mol. The SMILES string of the molecule is N#Cc1ccccc1CN1C[C@H]2OC(=O)N(CCCN3CCOCC3)[C@H]2C1. The molecule has 1 aromatic carbocycles. The number of ether oxygens (including phenoxy) is 2. The molecule has 0 aliphatic carbocycles. The van der Waals surface area contributed by atoms with Crippen LogP contribution in [-0.4, -0.2) is 85.4 Å². The van der Waals surface area contributed by atoms with E-state index in [2.05, 4.69) is 15.9 Å². The van der Waals surface area contributed by atoms with Gasteiger partial charge in [0.2, 0.25) is 0 Å². The number of morpholine rings is 1. The van der Waals surface area contributed by atoms with Crippen LogP contribution in [0.4, 0.5) is 4.79 Å². The van der Waals surface area contributed by atoms with Gasteiger partial charge in [0.25, 0.3) is 0 Å². The fraction of sp³-hybridized carbons (Fsp3) is 0.600. The molecule has 0 saturated carbocycles. The molecule has 0 spiro atoms. The summed E-state index contributed by atoms with van der Waals surface area (Å²) in [6.07, 6.45) is 0.717. The summed E-state index contributed by atoms with van der Waals surface area (Å²) in [6, 6.07) is 10.1. The van der Waals surface area contributed by atoms with Crippen LogP contribution in [0.25, 0.3) is 0 Å². The number of amides is 1. The Bertz CT molecular complexity index is 713. The second-order valence-corrected chi connectivity index (χ2v) is 7.45. The maximum atomic E-state index is 12.2. The molecule has 3 fully saturated rings. The highest BCUT2D eigenvalue weighted by atomic mass is 16.6. The first kappa shape index (κ1) is 18.2. The molecule has 0 N–H and O–H groups in total. The Balaban J connectivity index is 1.31. The lowest BCUT2D eigenvalue weighted by Gasteiger charge is -2.28. The molecule has 3 saturated heterocycles. The van der Waals surface area contributed by atoms with Crippen LogP contribution < -0.4 is 0 Å². The molecule has 3 aliphatic rings. The number of carbonyl (C=O) groups excluding carboxylic acids is 1. The van der Waals surface area contributed by atoms with Gasteiger partial charge >= 0.3 is 6.09 Å². The van der Waals surface area contributed by atoms with Crippen molar-refractivity contribution in [2.24, 2.45) is 0 Å². The van der Waals surface area contributed by atoms with Crippen molar-refractivity contribution < 1.29 is 14.3 Å². The zero-order valence-corrected chi connectivity index (χ0v) is 15.5. The van der Waals surface area contributed by atoms with Crippen LogP contribution in [0.15, 0.2) is 24.3 Å². The number of rotatable bonds is 6. The molecule has 1 amide bonds. The molecule has 0 bridgehead atoms. The summed E-state index contributed by atoms with van der Waals surface area (Å²) in [5.41, 5.74) is 1.75. The van der Waals surface area contributed by atoms with Gasteiger partial charge in [-0.15, -0.1) is 0 Å². The van der Waals surface area contributed by atoms with E-state index in [0.29, 0.717) is 5.56 Å². The van der Waals surface area contributed by atoms with Gasteiger partial charge in [0, 0.05) is 45.8 Å². The highest BCUT2D eigenvalue weighted by Crippen LogP contribution is 2.28. The number of carbonyl (C=O) groups is 1. The van der Waals surface area contributed by atoms with Crippen LogP contribution in [0.5, 0.6) is 0 Å². The van der Waals surface area contributed by atoms with Crippen molar-refractivity contribution in [3.8, 4) is 6.07 Å². The van der Waals surface area contributed by atoms with E-state index in [0.717, 1.165) is 71.0 Å². The monoisotopic (exact) mass is 370 g/mol. The minimum absolute atomic E-state index is 0.0601. The summed E-state index contributed by atoms with van der Waals surface area (Å²) in [7, 11) is 0. The molecule has 3 heterocycles. The molecule has 27 heavy (non-hydrogen) atoms. The zero-order valence-electron chi connectivity index (χ0n) is 15.5. The van der Waals surface area contributed by atoms with Gasteiger partial charge in [-0.05, 0) is 18.1 Å². The molecule has 7 nitrogen and oxygen atoms in total. The maximum absolute atomic E-state index is 12.2. The highest BCUT2D eigenvalue weighted by Gasteiger charge is 2.47. The van der Waals surface area contributed by atoms with Crippen molar-refractivity contribution in [3.63, 3.8) is 0 Å². The lowest BCUT2D eigenvalue weighted by molar-refractivity contribution is 0.0362. The van der Waals surface area contributed by atoms with E-state index in [1.807, 2.05) is 29.2 Å². The molecule has 7 heteroatoms. The van der Waals surface area contributed by atoms with Gasteiger partial charge in [-0.2, -0.15) is 5.26 Å². The average Bonchev–Trinajstić information content (AvgIpc) is 3.20. The third kappa shape index (κ3) is 4.08. The van der Waals surface area contributed by atoms with E-state index >= 15 is 0 Å². The topological polar surface area (TPSA) is 69.0 Å². The molecule has 1 aromatic rings. The minimum Gasteiger partial charge on any atom is -0.442 e. The first-order chi connectivity index (χ1) is 13.2. The van der Waals surface area contributed by atoms with Crippen LogP contribution in [-0.2, 0) is 16.0 Å². The number of fused-ring (bicyclic) bond motifs is 1. The Labute approximate surface area is 160 Å². The average molecular weight is 370 g/mol. The molecule has 3 aliphatic heterocycles. The Morgan fingerprint density at radius 2 is 1.93 bits per heavy atom. The number of likely N-dealkylation sites (tertiary alicyclic amines) is 1. The predicted octanol–water partition coefficient (Wildman–Crippen LogP) is 1.29. The van der Waals surface area contributed by atoms with E-state index in [4.69, 9.17) is 9.47 Å². The van der Waals surface area contributed by atoms with Crippen LogP contribution >= 0.6 is 0 Å². The number of benzene rings is 1. The molecule has 0 unspecified atom stereocenters. The van der Waals surface area contributed by atoms with Gasteiger partial charge < -0.3 is 14.4 Å². The fourth-order valence-electron chi connectivity index (χ4n) is 4.26. The first-order valence-corrected chi connectivity index (χ1v) is 9.72. The largest absolute Gasteiger partial charge is 0.442 e. The molecule has 144 valence electrons. The second kappa shape index (κ2) is 8.26.